The Morgan fingerprint density at radius 3 is 1.14 bits per heavy atom. The van der Waals surface area contributed by atoms with Gasteiger partial charge in [0.2, 0.25) is 5.85 Å². The van der Waals surface area contributed by atoms with E-state index in [2.05, 4.69) is 0 Å². The highest BCUT2D eigenvalue weighted by Crippen LogP contribution is 2.42. The van der Waals surface area contributed by atoms with E-state index in [4.69, 9.17) is 47.4 Å². The minimum atomic E-state index is -2.80. The molecule has 0 aromatic rings. The zero-order chi connectivity index (χ0) is 38.5. The lowest BCUT2D eigenvalue weighted by molar-refractivity contribution is -0.325. The number of rotatable bonds is 12. The molecule has 51 heavy (non-hydrogen) atoms. The fourth-order valence-corrected chi connectivity index (χ4v) is 6.24. The standard InChI is InChI=1S/C30H42N2O19/c1-12(33)44-10-18-22(46-14(3)35)24(48-16(5)37)20(28(42-8)50-18)31-26(39)27(40)32(30(31,7)41)21-25(49-17(6)38)23(47-15(4)36)19(11-45-13(2)34)51-29(21)43-9/h18-25,28-29,41H,10-11H2,1-9H3/t18-,19-,20-,21-,22-,23-,24-,25-,28-,29-/m1/s1. The molecule has 3 fully saturated rings. The van der Waals surface area contributed by atoms with Gasteiger partial charge in [0.15, 0.2) is 37.0 Å². The van der Waals surface area contributed by atoms with Crippen LogP contribution in [0.4, 0.5) is 0 Å². The second-order valence-corrected chi connectivity index (χ2v) is 11.8. The van der Waals surface area contributed by atoms with Crippen LogP contribution in [0.3, 0.4) is 0 Å². The topological polar surface area (TPSA) is 256 Å². The molecule has 0 spiro atoms. The Morgan fingerprint density at radius 1 is 0.588 bits per heavy atom. The first kappa shape index (κ1) is 41.0. The lowest BCUT2D eigenvalue weighted by atomic mass is 9.93. The van der Waals surface area contributed by atoms with Crippen LogP contribution in [0.15, 0.2) is 0 Å². The first-order chi connectivity index (χ1) is 23.8. The van der Waals surface area contributed by atoms with Crippen LogP contribution in [0.2, 0.25) is 0 Å². The number of methoxy groups -OCH3 is 2. The van der Waals surface area contributed by atoms with Crippen molar-refractivity contribution in [1.82, 2.24) is 9.80 Å². The zero-order valence-corrected chi connectivity index (χ0v) is 29.4. The molecule has 0 aromatic heterocycles. The van der Waals surface area contributed by atoms with Gasteiger partial charge in [0, 0.05) is 62.7 Å². The summed E-state index contributed by atoms with van der Waals surface area (Å²) in [6, 6.07) is -3.54. The molecule has 3 rings (SSSR count). The Kier molecular flexibility index (Phi) is 13.4. The van der Waals surface area contributed by atoms with Gasteiger partial charge in [0.05, 0.1) is 0 Å². The van der Waals surface area contributed by atoms with Crippen molar-refractivity contribution >= 4 is 47.6 Å². The summed E-state index contributed by atoms with van der Waals surface area (Å²) in [5.74, 6) is -10.9. The van der Waals surface area contributed by atoms with Crippen molar-refractivity contribution in [3.8, 4) is 0 Å². The van der Waals surface area contributed by atoms with Crippen molar-refractivity contribution in [1.29, 1.82) is 0 Å². The van der Waals surface area contributed by atoms with Crippen LogP contribution in [0.25, 0.3) is 0 Å². The van der Waals surface area contributed by atoms with Gasteiger partial charge >= 0.3 is 47.6 Å². The average Bonchev–Trinajstić information content (AvgIpc) is 3.18. The molecule has 286 valence electrons. The Hall–Kier alpha value is -4.44. The Morgan fingerprint density at radius 2 is 0.882 bits per heavy atom. The quantitative estimate of drug-likeness (QED) is 0.125. The Bertz CT molecular complexity index is 1280. The third-order valence-electron chi connectivity index (χ3n) is 7.93. The molecule has 21 nitrogen and oxygen atoms in total. The van der Waals surface area contributed by atoms with Crippen molar-refractivity contribution < 1.29 is 90.8 Å². The summed E-state index contributed by atoms with van der Waals surface area (Å²) >= 11 is 0. The molecule has 3 heterocycles. The van der Waals surface area contributed by atoms with Crippen LogP contribution in [0, 0.1) is 0 Å². The predicted octanol–water partition coefficient (Wildman–Crippen LogP) is -2.34. The summed E-state index contributed by atoms with van der Waals surface area (Å²) in [5.41, 5.74) is 0. The lowest BCUT2D eigenvalue weighted by Gasteiger charge is -2.52. The normalized spacial score (nSPS) is 31.7. The number of carbonyl (C=O) groups excluding carboxylic acids is 8. The summed E-state index contributed by atoms with van der Waals surface area (Å²) in [6.07, 6.45) is -12.7. The number of carbonyl (C=O) groups is 8. The molecule has 0 bridgehead atoms. The van der Waals surface area contributed by atoms with Gasteiger partial charge in [-0.1, -0.05) is 0 Å². The molecule has 3 aliphatic rings. The monoisotopic (exact) mass is 734 g/mol. The molecule has 3 aliphatic heterocycles. The van der Waals surface area contributed by atoms with Crippen molar-refractivity contribution in [2.45, 2.75) is 116 Å². The molecule has 3 saturated heterocycles. The largest absolute Gasteiger partial charge is 0.463 e. The SMILES string of the molecule is CO[C@@H]1O[C@H](COC(C)=O)[C@@H](OC(C)=O)[C@H](OC(C)=O)[C@H]1N1C(=O)C(=O)N([C@H]2[C@H](OC)O[C@H](COC(C)=O)[C@@H](OC(C)=O)[C@@H]2OC(C)=O)C1(C)O. The number of amides is 2. The van der Waals surface area contributed by atoms with Gasteiger partial charge in [-0.25, -0.2) is 0 Å². The number of hydrogen-bond donors (Lipinski definition) is 1. The third kappa shape index (κ3) is 9.08. The van der Waals surface area contributed by atoms with E-state index in [0.717, 1.165) is 62.7 Å². The van der Waals surface area contributed by atoms with Crippen LogP contribution in [0.5, 0.6) is 0 Å². The highest BCUT2D eigenvalue weighted by atomic mass is 16.7. The number of hydrogen-bond acceptors (Lipinski definition) is 19. The van der Waals surface area contributed by atoms with Crippen LogP contribution >= 0.6 is 0 Å². The molecule has 21 heteroatoms. The van der Waals surface area contributed by atoms with Crippen molar-refractivity contribution in [2.24, 2.45) is 0 Å². The third-order valence-corrected chi connectivity index (χ3v) is 7.93. The maximum atomic E-state index is 14.0. The molecule has 0 unspecified atom stereocenters. The minimum absolute atomic E-state index is 0.541. The van der Waals surface area contributed by atoms with E-state index in [1.54, 1.807) is 0 Å². The van der Waals surface area contributed by atoms with Gasteiger partial charge in [-0.15, -0.1) is 0 Å². The van der Waals surface area contributed by atoms with Gasteiger partial charge in [-0.3, -0.25) is 48.2 Å². The highest BCUT2D eigenvalue weighted by molar-refractivity contribution is 6.37. The van der Waals surface area contributed by atoms with E-state index in [1.165, 1.54) is 0 Å². The molecule has 0 radical (unpaired) electrons. The van der Waals surface area contributed by atoms with E-state index in [9.17, 15) is 43.5 Å². The fraction of sp³-hybridized carbons (Fsp3) is 0.733. The summed E-state index contributed by atoms with van der Waals surface area (Å²) < 4.78 is 54.7. The molecule has 0 aliphatic carbocycles. The summed E-state index contributed by atoms with van der Waals surface area (Å²) in [5, 5.41) is 12.3. The number of nitrogens with zero attached hydrogens (tertiary/aromatic N) is 2. The van der Waals surface area contributed by atoms with Crippen LogP contribution < -0.4 is 0 Å². The summed E-state index contributed by atoms with van der Waals surface area (Å²) in [6.45, 7) is 6.11. The van der Waals surface area contributed by atoms with Crippen molar-refractivity contribution in [3.63, 3.8) is 0 Å². The van der Waals surface area contributed by atoms with E-state index in [1.807, 2.05) is 0 Å². The second kappa shape index (κ2) is 16.7. The predicted molar refractivity (Wildman–Crippen MR) is 159 cm³/mol. The van der Waals surface area contributed by atoms with E-state index < -0.39 is 128 Å². The van der Waals surface area contributed by atoms with Crippen molar-refractivity contribution in [2.75, 3.05) is 27.4 Å². The number of ether oxygens (including phenoxy) is 10. The molecule has 0 saturated carbocycles. The molecule has 1 N–H and O–H groups in total. The molecule has 10 atom stereocenters. The van der Waals surface area contributed by atoms with E-state index in [-0.39, 0.29) is 0 Å². The van der Waals surface area contributed by atoms with Gasteiger partial charge in [0.1, 0.15) is 37.5 Å². The first-order valence-electron chi connectivity index (χ1n) is 15.5. The molecular weight excluding hydrogens is 692 g/mol. The lowest BCUT2D eigenvalue weighted by Crippen LogP contribution is -2.73. The highest BCUT2D eigenvalue weighted by Gasteiger charge is 2.67. The van der Waals surface area contributed by atoms with Crippen LogP contribution in [-0.2, 0) is 85.7 Å². The number of aliphatic hydroxyl groups is 1. The maximum Gasteiger partial charge on any atom is 0.316 e. The smallest absolute Gasteiger partial charge is 0.316 e. The first-order valence-corrected chi connectivity index (χ1v) is 15.5. The maximum absolute atomic E-state index is 14.0. The van der Waals surface area contributed by atoms with Gasteiger partial charge in [0.25, 0.3) is 0 Å². The Labute approximate surface area is 291 Å². The molecular formula is C30H42N2O19. The molecule has 0 aromatic carbocycles. The van der Waals surface area contributed by atoms with E-state index in [0.29, 0.717) is 9.80 Å². The van der Waals surface area contributed by atoms with Crippen LogP contribution in [-0.4, -0.2) is 157 Å². The summed E-state index contributed by atoms with van der Waals surface area (Å²) in [4.78, 5) is 102. The van der Waals surface area contributed by atoms with Gasteiger partial charge in [-0.2, -0.15) is 0 Å². The summed E-state index contributed by atoms with van der Waals surface area (Å²) in [7, 11) is 2.23. The average molecular weight is 735 g/mol. The van der Waals surface area contributed by atoms with Gasteiger partial charge < -0.3 is 52.5 Å². The van der Waals surface area contributed by atoms with E-state index >= 15 is 0 Å². The number of esters is 6. The molecule has 2 amide bonds. The van der Waals surface area contributed by atoms with Crippen molar-refractivity contribution in [3.05, 3.63) is 0 Å². The fourth-order valence-electron chi connectivity index (χ4n) is 6.24. The van der Waals surface area contributed by atoms with Crippen LogP contribution in [0.1, 0.15) is 48.5 Å². The Balaban J connectivity index is 2.21. The second-order valence-electron chi connectivity index (χ2n) is 11.8. The minimum Gasteiger partial charge on any atom is -0.463 e. The zero-order valence-electron chi connectivity index (χ0n) is 29.4. The van der Waals surface area contributed by atoms with Gasteiger partial charge in [-0.05, 0) is 0 Å².